The van der Waals surface area contributed by atoms with E-state index in [1.165, 1.54) is 0 Å². The number of primary amides is 1. The van der Waals surface area contributed by atoms with Gasteiger partial charge in [-0.25, -0.2) is 9.37 Å². The number of para-hydroxylation sites is 1. The first-order chi connectivity index (χ1) is 14.0. The van der Waals surface area contributed by atoms with Gasteiger partial charge in [-0.3, -0.25) is 9.78 Å². The molecule has 1 aromatic carbocycles. The van der Waals surface area contributed by atoms with E-state index < -0.39 is 11.7 Å². The molecule has 2 heterocycles. The number of nitrogens with zero attached hydrogens (tertiary/aromatic N) is 2. The molecule has 150 valence electrons. The van der Waals surface area contributed by atoms with Crippen LogP contribution in [0.3, 0.4) is 0 Å². The van der Waals surface area contributed by atoms with Gasteiger partial charge in [0, 0.05) is 17.5 Å². The van der Waals surface area contributed by atoms with Crippen LogP contribution in [0.4, 0.5) is 21.7 Å². The van der Waals surface area contributed by atoms with Crippen LogP contribution in [0.2, 0.25) is 0 Å². The van der Waals surface area contributed by atoms with E-state index in [1.807, 2.05) is 30.3 Å². The minimum atomic E-state index is -0.770. The predicted molar refractivity (Wildman–Crippen MR) is 112 cm³/mol. The molecule has 2 atom stereocenters. The fourth-order valence-corrected chi connectivity index (χ4v) is 3.66. The van der Waals surface area contributed by atoms with E-state index in [-0.39, 0.29) is 29.3 Å². The van der Waals surface area contributed by atoms with Gasteiger partial charge in [-0.15, -0.1) is 0 Å². The zero-order valence-corrected chi connectivity index (χ0v) is 15.9. The van der Waals surface area contributed by atoms with E-state index in [4.69, 9.17) is 11.5 Å². The Morgan fingerprint density at radius 3 is 2.72 bits per heavy atom. The van der Waals surface area contributed by atoms with Gasteiger partial charge >= 0.3 is 0 Å². The highest BCUT2D eigenvalue weighted by molar-refractivity contribution is 5.98. The van der Waals surface area contributed by atoms with Crippen molar-refractivity contribution >= 4 is 34.1 Å². The third kappa shape index (κ3) is 4.12. The van der Waals surface area contributed by atoms with Gasteiger partial charge in [-0.2, -0.15) is 0 Å². The summed E-state index contributed by atoms with van der Waals surface area (Å²) in [5.41, 5.74) is 13.0. The summed E-state index contributed by atoms with van der Waals surface area (Å²) >= 11 is 0. The second-order valence-electron chi connectivity index (χ2n) is 7.32. The number of amides is 1. The van der Waals surface area contributed by atoms with E-state index in [0.29, 0.717) is 5.69 Å². The number of fused-ring (bicyclic) bond motifs is 1. The van der Waals surface area contributed by atoms with Gasteiger partial charge in [0.05, 0.1) is 23.0 Å². The maximum Gasteiger partial charge on any atom is 0.252 e. The summed E-state index contributed by atoms with van der Waals surface area (Å²) in [6.07, 6.45) is 5.45. The van der Waals surface area contributed by atoms with Crippen molar-refractivity contribution in [2.75, 3.05) is 10.6 Å². The van der Waals surface area contributed by atoms with Crippen LogP contribution in [0.25, 0.3) is 10.9 Å². The highest BCUT2D eigenvalue weighted by Gasteiger charge is 2.24. The fraction of sp³-hybridized carbons (Fsp3) is 0.286. The summed E-state index contributed by atoms with van der Waals surface area (Å²) in [5, 5.41) is 7.07. The minimum Gasteiger partial charge on any atom is -0.365 e. The van der Waals surface area contributed by atoms with Crippen LogP contribution in [-0.4, -0.2) is 28.0 Å². The quantitative estimate of drug-likeness (QED) is 0.527. The van der Waals surface area contributed by atoms with Gasteiger partial charge in [0.25, 0.3) is 5.91 Å². The second-order valence-corrected chi connectivity index (χ2v) is 7.32. The third-order valence-corrected chi connectivity index (χ3v) is 5.24. The Morgan fingerprint density at radius 1 is 1.14 bits per heavy atom. The molecule has 0 aliphatic heterocycles. The lowest BCUT2D eigenvalue weighted by Crippen LogP contribution is -2.43. The summed E-state index contributed by atoms with van der Waals surface area (Å²) in [5.74, 6) is -1.19. The van der Waals surface area contributed by atoms with Gasteiger partial charge in [0.15, 0.2) is 11.6 Å². The number of anilines is 3. The van der Waals surface area contributed by atoms with Crippen LogP contribution in [0, 0.1) is 5.82 Å². The normalized spacial score (nSPS) is 19.1. The molecule has 4 rings (SSSR count). The number of nitrogens with two attached hydrogens (primary N) is 2. The number of aromatic nitrogens is 2. The molecule has 7 nitrogen and oxygen atoms in total. The smallest absolute Gasteiger partial charge is 0.252 e. The lowest BCUT2D eigenvalue weighted by molar-refractivity contribution is 0.100. The van der Waals surface area contributed by atoms with E-state index >= 15 is 0 Å². The molecule has 1 amide bonds. The highest BCUT2D eigenvalue weighted by atomic mass is 19.1. The zero-order chi connectivity index (χ0) is 20.4. The lowest BCUT2D eigenvalue weighted by Gasteiger charge is -2.30. The summed E-state index contributed by atoms with van der Waals surface area (Å²) < 4.78 is 14.6. The molecule has 29 heavy (non-hydrogen) atoms. The first-order valence-electron chi connectivity index (χ1n) is 9.65. The molecule has 1 saturated carbocycles. The van der Waals surface area contributed by atoms with Crippen LogP contribution < -0.4 is 22.1 Å². The van der Waals surface area contributed by atoms with Crippen LogP contribution in [0.5, 0.6) is 0 Å². The fourth-order valence-electron chi connectivity index (χ4n) is 3.66. The molecule has 3 aromatic rings. The molecule has 0 spiro atoms. The van der Waals surface area contributed by atoms with E-state index in [2.05, 4.69) is 20.6 Å². The topological polar surface area (TPSA) is 119 Å². The van der Waals surface area contributed by atoms with Crippen LogP contribution in [-0.2, 0) is 0 Å². The standard InChI is InChI=1S/C21H23FN6O/c22-15-10-14(19(24)29)20(28-21(15)27-18-8-4-2-6-16(18)23)26-13-9-12-5-1-3-7-17(12)25-11-13/h1,3,5,7,9-11,16,18H,2,4,6,8,23H2,(H2,24,29)(H2,26,27,28)/t16-,18?/m0/s1. The van der Waals surface area contributed by atoms with E-state index in [9.17, 15) is 9.18 Å². The highest BCUT2D eigenvalue weighted by Crippen LogP contribution is 2.27. The van der Waals surface area contributed by atoms with Crippen LogP contribution in [0.1, 0.15) is 36.0 Å². The van der Waals surface area contributed by atoms with Gasteiger partial charge < -0.3 is 22.1 Å². The number of halogens is 1. The van der Waals surface area contributed by atoms with Crippen molar-refractivity contribution in [3.05, 3.63) is 54.0 Å². The van der Waals surface area contributed by atoms with E-state index in [1.54, 1.807) is 6.20 Å². The van der Waals surface area contributed by atoms with Crippen LogP contribution >= 0.6 is 0 Å². The largest absolute Gasteiger partial charge is 0.365 e. The van der Waals surface area contributed by atoms with Crippen molar-refractivity contribution in [3.8, 4) is 0 Å². The first-order valence-corrected chi connectivity index (χ1v) is 9.65. The summed E-state index contributed by atoms with van der Waals surface area (Å²) in [6.45, 7) is 0. The number of hydrogen-bond acceptors (Lipinski definition) is 6. The molecular formula is C21H23FN6O. The van der Waals surface area contributed by atoms with Crippen LogP contribution in [0.15, 0.2) is 42.6 Å². The molecule has 6 N–H and O–H groups in total. The molecule has 0 bridgehead atoms. The maximum atomic E-state index is 14.6. The number of benzene rings is 1. The first kappa shape index (κ1) is 19.1. The van der Waals surface area contributed by atoms with E-state index in [0.717, 1.165) is 42.7 Å². The Morgan fingerprint density at radius 2 is 1.93 bits per heavy atom. The molecule has 0 saturated heterocycles. The Kier molecular flexibility index (Phi) is 5.26. The predicted octanol–water partition coefficient (Wildman–Crippen LogP) is 3.29. The molecule has 1 aliphatic carbocycles. The molecular weight excluding hydrogens is 371 g/mol. The number of hydrogen-bond donors (Lipinski definition) is 4. The van der Waals surface area contributed by atoms with Crippen molar-refractivity contribution in [3.63, 3.8) is 0 Å². The summed E-state index contributed by atoms with van der Waals surface area (Å²) in [6, 6.07) is 10.5. The minimum absolute atomic E-state index is 0.0332. The average molecular weight is 394 g/mol. The molecule has 8 heteroatoms. The number of pyridine rings is 2. The molecule has 0 radical (unpaired) electrons. The van der Waals surface area contributed by atoms with Gasteiger partial charge in [-0.1, -0.05) is 31.0 Å². The lowest BCUT2D eigenvalue weighted by atomic mass is 9.91. The molecule has 1 aliphatic rings. The maximum absolute atomic E-state index is 14.6. The Balaban J connectivity index is 1.67. The third-order valence-electron chi connectivity index (χ3n) is 5.24. The van der Waals surface area contributed by atoms with Crippen molar-refractivity contribution < 1.29 is 9.18 Å². The molecule has 1 fully saturated rings. The van der Waals surface area contributed by atoms with Gasteiger partial charge in [0.1, 0.15) is 5.82 Å². The van der Waals surface area contributed by atoms with Crippen molar-refractivity contribution in [1.82, 2.24) is 9.97 Å². The number of carbonyl (C=O) groups is 1. The van der Waals surface area contributed by atoms with Gasteiger partial charge in [0.2, 0.25) is 0 Å². The number of carbonyl (C=O) groups excluding carboxylic acids is 1. The molecule has 2 aromatic heterocycles. The Hall–Kier alpha value is -3.26. The summed E-state index contributed by atoms with van der Waals surface area (Å²) in [7, 11) is 0. The number of nitrogens with one attached hydrogen (secondary N) is 2. The van der Waals surface area contributed by atoms with Crippen molar-refractivity contribution in [1.29, 1.82) is 0 Å². The second kappa shape index (κ2) is 8.00. The molecule has 1 unspecified atom stereocenters. The SMILES string of the molecule is NC(=O)c1cc(F)c(NC2CCCC[C@@H]2N)nc1Nc1cnc2ccccc2c1. The monoisotopic (exact) mass is 394 g/mol. The summed E-state index contributed by atoms with van der Waals surface area (Å²) in [4.78, 5) is 20.5. The van der Waals surface area contributed by atoms with Crippen molar-refractivity contribution in [2.24, 2.45) is 11.5 Å². The van der Waals surface area contributed by atoms with Crippen molar-refractivity contribution in [2.45, 2.75) is 37.8 Å². The zero-order valence-electron chi connectivity index (χ0n) is 15.9. The Bertz CT molecular complexity index is 1060. The van der Waals surface area contributed by atoms with Gasteiger partial charge in [-0.05, 0) is 31.0 Å². The number of rotatable bonds is 5. The Labute approximate surface area is 167 Å². The average Bonchev–Trinajstić information content (AvgIpc) is 2.71.